The second kappa shape index (κ2) is 4.64. The summed E-state index contributed by atoms with van der Waals surface area (Å²) in [4.78, 5) is 0. The third kappa shape index (κ3) is 4.71. The molecule has 2 heteroatoms. The monoisotopic (exact) mass is 150 g/mol. The van der Waals surface area contributed by atoms with Crippen molar-refractivity contribution >= 4 is 0 Å². The lowest BCUT2D eigenvalue weighted by atomic mass is 10.00. The van der Waals surface area contributed by atoms with Crippen molar-refractivity contribution in [3.05, 3.63) is 0 Å². The Labute approximate surface area is 61.6 Å². The van der Waals surface area contributed by atoms with E-state index >= 15 is 0 Å². The molecule has 0 bridgehead atoms. The Morgan fingerprint density at radius 1 is 1.00 bits per heavy atom. The van der Waals surface area contributed by atoms with Crippen LogP contribution >= 0.6 is 0 Å². The number of hydrogen-bond donors (Lipinski definition) is 0. The average molecular weight is 150 g/mol. The van der Waals surface area contributed by atoms with Gasteiger partial charge < -0.3 is 0 Å². The van der Waals surface area contributed by atoms with E-state index in [4.69, 9.17) is 0 Å². The summed E-state index contributed by atoms with van der Waals surface area (Å²) in [7, 11) is 0. The molecule has 0 amide bonds. The second-order valence-electron chi connectivity index (χ2n) is 3.28. The fourth-order valence-corrected chi connectivity index (χ4v) is 0.722. The summed E-state index contributed by atoms with van der Waals surface area (Å²) in [6.07, 6.45) is -0.584. The normalized spacial score (nSPS) is 14.7. The van der Waals surface area contributed by atoms with Gasteiger partial charge in [-0.05, 0) is 12.3 Å². The molecule has 0 fully saturated rings. The Morgan fingerprint density at radius 3 is 1.80 bits per heavy atom. The SMILES string of the molecule is CC(C)CCC(C)C(F)F. The smallest absolute Gasteiger partial charge is 0.210 e. The third-order valence-corrected chi connectivity index (χ3v) is 1.63. The molecule has 0 rings (SSSR count). The molecule has 10 heavy (non-hydrogen) atoms. The van der Waals surface area contributed by atoms with E-state index in [-0.39, 0.29) is 0 Å². The molecule has 62 valence electrons. The maximum absolute atomic E-state index is 11.9. The summed E-state index contributed by atoms with van der Waals surface area (Å²) >= 11 is 0. The van der Waals surface area contributed by atoms with Crippen LogP contribution in [0.2, 0.25) is 0 Å². The van der Waals surface area contributed by atoms with Crippen molar-refractivity contribution in [2.24, 2.45) is 11.8 Å². The first-order valence-electron chi connectivity index (χ1n) is 3.82. The van der Waals surface area contributed by atoms with Crippen LogP contribution < -0.4 is 0 Å². The standard InChI is InChI=1S/C8H16F2/c1-6(2)4-5-7(3)8(9)10/h6-8H,4-5H2,1-3H3. The van der Waals surface area contributed by atoms with Crippen LogP contribution in [0.15, 0.2) is 0 Å². The molecule has 0 aromatic carbocycles. The zero-order chi connectivity index (χ0) is 8.15. The van der Waals surface area contributed by atoms with E-state index in [0.717, 1.165) is 6.42 Å². The van der Waals surface area contributed by atoms with Gasteiger partial charge >= 0.3 is 0 Å². The molecule has 0 aliphatic heterocycles. The molecule has 0 nitrogen and oxygen atoms in total. The minimum Gasteiger partial charge on any atom is -0.210 e. The van der Waals surface area contributed by atoms with Crippen molar-refractivity contribution in [1.29, 1.82) is 0 Å². The highest BCUT2D eigenvalue weighted by Gasteiger charge is 2.13. The highest BCUT2D eigenvalue weighted by atomic mass is 19.3. The van der Waals surface area contributed by atoms with Gasteiger partial charge in [0.05, 0.1) is 0 Å². The molecule has 0 aromatic rings. The van der Waals surface area contributed by atoms with Crippen molar-refractivity contribution < 1.29 is 8.78 Å². The highest BCUT2D eigenvalue weighted by molar-refractivity contribution is 4.56. The summed E-state index contributed by atoms with van der Waals surface area (Å²) in [5, 5.41) is 0. The van der Waals surface area contributed by atoms with E-state index in [1.807, 2.05) is 0 Å². The zero-order valence-corrected chi connectivity index (χ0v) is 6.90. The Hall–Kier alpha value is -0.140. The first-order chi connectivity index (χ1) is 4.54. The number of halogens is 2. The van der Waals surface area contributed by atoms with Crippen LogP contribution in [0.4, 0.5) is 8.78 Å². The summed E-state index contributed by atoms with van der Waals surface area (Å²) in [5.74, 6) is 0.114. The van der Waals surface area contributed by atoms with Crippen molar-refractivity contribution in [2.75, 3.05) is 0 Å². The average Bonchev–Trinajstić information content (AvgIpc) is 1.82. The molecule has 0 aliphatic carbocycles. The van der Waals surface area contributed by atoms with Gasteiger partial charge in [-0.15, -0.1) is 0 Å². The van der Waals surface area contributed by atoms with E-state index in [2.05, 4.69) is 13.8 Å². The van der Waals surface area contributed by atoms with Crippen LogP contribution in [0, 0.1) is 11.8 Å². The Morgan fingerprint density at radius 2 is 1.50 bits per heavy atom. The Kier molecular flexibility index (Phi) is 4.58. The largest absolute Gasteiger partial charge is 0.241 e. The van der Waals surface area contributed by atoms with Crippen LogP contribution in [-0.2, 0) is 0 Å². The van der Waals surface area contributed by atoms with Gasteiger partial charge in [-0.3, -0.25) is 0 Å². The molecule has 0 saturated carbocycles. The topological polar surface area (TPSA) is 0 Å². The van der Waals surface area contributed by atoms with E-state index in [1.54, 1.807) is 6.92 Å². The maximum Gasteiger partial charge on any atom is 0.241 e. The maximum atomic E-state index is 11.9. The first kappa shape index (κ1) is 9.86. The van der Waals surface area contributed by atoms with Gasteiger partial charge in [0.2, 0.25) is 6.43 Å². The van der Waals surface area contributed by atoms with E-state index < -0.39 is 12.3 Å². The number of hydrogen-bond acceptors (Lipinski definition) is 0. The summed E-state index contributed by atoms with van der Waals surface area (Å²) in [6, 6.07) is 0. The fourth-order valence-electron chi connectivity index (χ4n) is 0.722. The molecule has 1 atom stereocenters. The summed E-state index contributed by atoms with van der Waals surface area (Å²) < 4.78 is 23.8. The van der Waals surface area contributed by atoms with Gasteiger partial charge in [-0.2, -0.15) is 0 Å². The van der Waals surface area contributed by atoms with E-state index in [1.165, 1.54) is 0 Å². The van der Waals surface area contributed by atoms with Crippen LogP contribution in [0.25, 0.3) is 0 Å². The van der Waals surface area contributed by atoms with Gasteiger partial charge in [-0.25, -0.2) is 8.78 Å². The summed E-state index contributed by atoms with van der Waals surface area (Å²) in [5.41, 5.74) is 0. The van der Waals surface area contributed by atoms with Crippen molar-refractivity contribution in [3.63, 3.8) is 0 Å². The second-order valence-corrected chi connectivity index (χ2v) is 3.28. The van der Waals surface area contributed by atoms with Crippen LogP contribution in [-0.4, -0.2) is 6.43 Å². The minimum absolute atomic E-state index is 0.428. The van der Waals surface area contributed by atoms with Gasteiger partial charge in [0.15, 0.2) is 0 Å². The molecule has 0 aliphatic rings. The van der Waals surface area contributed by atoms with Gasteiger partial charge in [0, 0.05) is 5.92 Å². The highest BCUT2D eigenvalue weighted by Crippen LogP contribution is 2.17. The molecule has 1 unspecified atom stereocenters. The first-order valence-corrected chi connectivity index (χ1v) is 3.82. The number of rotatable bonds is 4. The van der Waals surface area contributed by atoms with Crippen molar-refractivity contribution in [1.82, 2.24) is 0 Å². The lowest BCUT2D eigenvalue weighted by Gasteiger charge is -2.10. The predicted octanol–water partition coefficient (Wildman–Crippen LogP) is 3.32. The lowest BCUT2D eigenvalue weighted by Crippen LogP contribution is -2.07. The number of alkyl halides is 2. The zero-order valence-electron chi connectivity index (χ0n) is 6.90. The third-order valence-electron chi connectivity index (χ3n) is 1.63. The molecular formula is C8H16F2. The van der Waals surface area contributed by atoms with Crippen LogP contribution in [0.1, 0.15) is 33.6 Å². The fraction of sp³-hybridized carbons (Fsp3) is 1.00. The van der Waals surface area contributed by atoms with Gasteiger partial charge in [0.1, 0.15) is 0 Å². The molecule has 0 N–H and O–H groups in total. The van der Waals surface area contributed by atoms with Crippen LogP contribution in [0.3, 0.4) is 0 Å². The van der Waals surface area contributed by atoms with Crippen molar-refractivity contribution in [3.8, 4) is 0 Å². The quantitative estimate of drug-likeness (QED) is 0.576. The molecular weight excluding hydrogens is 134 g/mol. The van der Waals surface area contributed by atoms with Crippen molar-refractivity contribution in [2.45, 2.75) is 40.0 Å². The summed E-state index contributed by atoms with van der Waals surface area (Å²) in [6.45, 7) is 5.71. The van der Waals surface area contributed by atoms with Gasteiger partial charge in [-0.1, -0.05) is 27.2 Å². The molecule has 0 saturated heterocycles. The molecule has 0 radical (unpaired) electrons. The molecule has 0 heterocycles. The Balaban J connectivity index is 3.30. The van der Waals surface area contributed by atoms with Crippen LogP contribution in [0.5, 0.6) is 0 Å². The molecule has 0 aromatic heterocycles. The predicted molar refractivity (Wildman–Crippen MR) is 39.2 cm³/mol. The van der Waals surface area contributed by atoms with E-state index in [0.29, 0.717) is 12.3 Å². The lowest BCUT2D eigenvalue weighted by molar-refractivity contribution is 0.0790. The van der Waals surface area contributed by atoms with E-state index in [9.17, 15) is 8.78 Å². The molecule has 0 spiro atoms. The van der Waals surface area contributed by atoms with Gasteiger partial charge in [0.25, 0.3) is 0 Å². The Bertz CT molecular complexity index is 79.3. The minimum atomic E-state index is -2.14.